The number of hydrogen-bond acceptors (Lipinski definition) is 6. The maximum atomic E-state index is 12.1. The van der Waals surface area contributed by atoms with Gasteiger partial charge in [-0.1, -0.05) is 44.1 Å². The predicted molar refractivity (Wildman–Crippen MR) is 110 cm³/mol. The van der Waals surface area contributed by atoms with E-state index in [1.807, 2.05) is 18.2 Å². The number of nitrogens with one attached hydrogen (secondary N) is 1. The molecule has 0 unspecified atom stereocenters. The lowest BCUT2D eigenvalue weighted by molar-refractivity contribution is -0.111. The van der Waals surface area contributed by atoms with E-state index >= 15 is 0 Å². The third-order valence-corrected chi connectivity index (χ3v) is 4.68. The number of aromatic nitrogens is 2. The van der Waals surface area contributed by atoms with Crippen molar-refractivity contribution in [1.29, 1.82) is 0 Å². The van der Waals surface area contributed by atoms with E-state index < -0.39 is 0 Å². The second-order valence-electron chi connectivity index (χ2n) is 6.04. The zero-order valence-electron chi connectivity index (χ0n) is 16.2. The van der Waals surface area contributed by atoms with E-state index in [9.17, 15) is 4.79 Å². The van der Waals surface area contributed by atoms with Gasteiger partial charge in [-0.25, -0.2) is 0 Å². The van der Waals surface area contributed by atoms with Gasteiger partial charge in [0, 0.05) is 12.5 Å². The van der Waals surface area contributed by atoms with E-state index in [0.29, 0.717) is 23.2 Å². The number of unbranched alkanes of at least 4 members (excludes halogenated alkanes) is 2. The van der Waals surface area contributed by atoms with Crippen LogP contribution < -0.4 is 14.8 Å². The van der Waals surface area contributed by atoms with Crippen molar-refractivity contribution in [2.45, 2.75) is 46.0 Å². The molecule has 1 heterocycles. The maximum absolute atomic E-state index is 12.1. The molecule has 1 aromatic carbocycles. The maximum Gasteiger partial charge on any atom is 0.250 e. The smallest absolute Gasteiger partial charge is 0.250 e. The van der Waals surface area contributed by atoms with E-state index in [-0.39, 0.29) is 5.91 Å². The van der Waals surface area contributed by atoms with Crippen molar-refractivity contribution >= 4 is 28.5 Å². The van der Waals surface area contributed by atoms with Gasteiger partial charge in [-0.05, 0) is 36.6 Å². The summed E-state index contributed by atoms with van der Waals surface area (Å²) >= 11 is 1.40. The van der Waals surface area contributed by atoms with Crippen LogP contribution in [0.5, 0.6) is 11.5 Å². The highest BCUT2D eigenvalue weighted by atomic mass is 32.1. The van der Waals surface area contributed by atoms with Crippen molar-refractivity contribution in [3.8, 4) is 11.5 Å². The van der Waals surface area contributed by atoms with E-state index in [2.05, 4.69) is 29.4 Å². The second-order valence-corrected chi connectivity index (χ2v) is 7.10. The number of benzene rings is 1. The fourth-order valence-electron chi connectivity index (χ4n) is 2.38. The summed E-state index contributed by atoms with van der Waals surface area (Å²) < 4.78 is 11.2. The molecule has 2 rings (SSSR count). The van der Waals surface area contributed by atoms with Crippen LogP contribution in [0.2, 0.25) is 0 Å². The van der Waals surface area contributed by atoms with E-state index in [1.54, 1.807) is 13.2 Å². The number of methoxy groups -OCH3 is 1. The van der Waals surface area contributed by atoms with Gasteiger partial charge in [0.25, 0.3) is 0 Å². The van der Waals surface area contributed by atoms with Gasteiger partial charge in [-0.2, -0.15) is 0 Å². The highest BCUT2D eigenvalue weighted by Gasteiger charge is 2.07. The SMILES string of the molecule is CCCCCOc1ccc(/C=C/C(=O)Nc2nnc(CCC)s2)cc1OC. The summed E-state index contributed by atoms with van der Waals surface area (Å²) in [4.78, 5) is 12.1. The molecular weight excluding hydrogens is 362 g/mol. The topological polar surface area (TPSA) is 73.3 Å². The average molecular weight is 390 g/mol. The Kier molecular flexibility index (Phi) is 8.77. The molecular formula is C20H27N3O3S. The van der Waals surface area contributed by atoms with Crippen LogP contribution in [0.15, 0.2) is 24.3 Å². The van der Waals surface area contributed by atoms with Gasteiger partial charge >= 0.3 is 0 Å². The quantitative estimate of drug-likeness (QED) is 0.445. The molecule has 0 spiro atoms. The number of nitrogens with zero attached hydrogens (tertiary/aromatic N) is 2. The standard InChI is InChI=1S/C20H27N3O3S/c1-4-6-7-13-26-16-11-9-15(14-17(16)25-3)10-12-18(24)21-20-23-22-19(27-20)8-5-2/h9-12,14H,4-8,13H2,1-3H3,(H,21,23,24)/b12-10+. The Balaban J connectivity index is 1.93. The minimum Gasteiger partial charge on any atom is -0.493 e. The van der Waals surface area contributed by atoms with Crippen molar-refractivity contribution in [2.24, 2.45) is 0 Å². The second kappa shape index (κ2) is 11.3. The molecule has 0 atom stereocenters. The molecule has 0 saturated heterocycles. The number of anilines is 1. The Morgan fingerprint density at radius 2 is 2.04 bits per heavy atom. The summed E-state index contributed by atoms with van der Waals surface area (Å²) in [6.45, 7) is 4.91. The molecule has 0 radical (unpaired) electrons. The Morgan fingerprint density at radius 1 is 1.19 bits per heavy atom. The molecule has 0 aliphatic heterocycles. The van der Waals surface area contributed by atoms with Crippen LogP contribution in [0.4, 0.5) is 5.13 Å². The summed E-state index contributed by atoms with van der Waals surface area (Å²) in [5.74, 6) is 1.13. The van der Waals surface area contributed by atoms with Crippen molar-refractivity contribution in [2.75, 3.05) is 19.0 Å². The number of rotatable bonds is 11. The molecule has 1 amide bonds. The van der Waals surface area contributed by atoms with Crippen molar-refractivity contribution in [3.05, 3.63) is 34.8 Å². The van der Waals surface area contributed by atoms with Crippen molar-refractivity contribution < 1.29 is 14.3 Å². The number of carbonyl (C=O) groups excluding carboxylic acids is 1. The molecule has 0 bridgehead atoms. The van der Waals surface area contributed by atoms with Crippen LogP contribution in [0.3, 0.4) is 0 Å². The van der Waals surface area contributed by atoms with Crippen molar-refractivity contribution in [3.63, 3.8) is 0 Å². The fraction of sp³-hybridized carbons (Fsp3) is 0.450. The Hall–Kier alpha value is -2.41. The molecule has 0 saturated carbocycles. The van der Waals surface area contributed by atoms with Gasteiger partial charge in [0.2, 0.25) is 11.0 Å². The summed E-state index contributed by atoms with van der Waals surface area (Å²) in [7, 11) is 1.61. The van der Waals surface area contributed by atoms with Gasteiger partial charge < -0.3 is 9.47 Å². The summed E-state index contributed by atoms with van der Waals surface area (Å²) in [5, 5.41) is 12.2. The van der Waals surface area contributed by atoms with E-state index in [1.165, 1.54) is 17.4 Å². The third-order valence-electron chi connectivity index (χ3n) is 3.78. The molecule has 2 aromatic rings. The van der Waals surface area contributed by atoms with Gasteiger partial charge in [0.05, 0.1) is 13.7 Å². The highest BCUT2D eigenvalue weighted by Crippen LogP contribution is 2.28. The van der Waals surface area contributed by atoms with E-state index in [4.69, 9.17) is 9.47 Å². The van der Waals surface area contributed by atoms with Gasteiger partial charge in [0.15, 0.2) is 11.5 Å². The van der Waals surface area contributed by atoms with Crippen LogP contribution in [0.1, 0.15) is 50.1 Å². The number of ether oxygens (including phenoxy) is 2. The average Bonchev–Trinajstić information content (AvgIpc) is 3.11. The number of carbonyl (C=O) groups is 1. The lowest BCUT2D eigenvalue weighted by Gasteiger charge is -2.11. The first-order chi connectivity index (χ1) is 13.2. The summed E-state index contributed by atoms with van der Waals surface area (Å²) in [6.07, 6.45) is 8.39. The van der Waals surface area contributed by atoms with Crippen LogP contribution >= 0.6 is 11.3 Å². The van der Waals surface area contributed by atoms with Crippen molar-refractivity contribution in [1.82, 2.24) is 10.2 Å². The van der Waals surface area contributed by atoms with Crippen LogP contribution in [-0.4, -0.2) is 29.8 Å². The number of aryl methyl sites for hydroxylation is 1. The lowest BCUT2D eigenvalue weighted by Crippen LogP contribution is -2.07. The van der Waals surface area contributed by atoms with E-state index in [0.717, 1.165) is 42.7 Å². The zero-order valence-corrected chi connectivity index (χ0v) is 17.0. The first-order valence-electron chi connectivity index (χ1n) is 9.28. The summed E-state index contributed by atoms with van der Waals surface area (Å²) in [6, 6.07) is 5.61. The monoisotopic (exact) mass is 389 g/mol. The Bertz CT molecular complexity index is 759. The largest absolute Gasteiger partial charge is 0.493 e. The predicted octanol–water partition coefficient (Wildman–Crippen LogP) is 4.72. The Labute approximate surface area is 164 Å². The number of hydrogen-bond donors (Lipinski definition) is 1. The molecule has 0 aliphatic carbocycles. The molecule has 1 N–H and O–H groups in total. The molecule has 1 aromatic heterocycles. The van der Waals surface area contributed by atoms with Crippen LogP contribution in [-0.2, 0) is 11.2 Å². The normalized spacial score (nSPS) is 10.9. The molecule has 0 fully saturated rings. The van der Waals surface area contributed by atoms with Crippen LogP contribution in [0.25, 0.3) is 6.08 Å². The molecule has 7 heteroatoms. The summed E-state index contributed by atoms with van der Waals surface area (Å²) in [5.41, 5.74) is 0.854. The van der Waals surface area contributed by atoms with Crippen LogP contribution in [0, 0.1) is 0 Å². The van der Waals surface area contributed by atoms with Gasteiger partial charge in [-0.15, -0.1) is 10.2 Å². The first-order valence-corrected chi connectivity index (χ1v) is 10.1. The van der Waals surface area contributed by atoms with Gasteiger partial charge in [-0.3, -0.25) is 10.1 Å². The first kappa shape index (κ1) is 20.9. The lowest BCUT2D eigenvalue weighted by atomic mass is 10.2. The Morgan fingerprint density at radius 3 is 2.78 bits per heavy atom. The fourth-order valence-corrected chi connectivity index (χ4v) is 3.22. The highest BCUT2D eigenvalue weighted by molar-refractivity contribution is 7.15. The van der Waals surface area contributed by atoms with Gasteiger partial charge in [0.1, 0.15) is 5.01 Å². The molecule has 6 nitrogen and oxygen atoms in total. The molecule has 146 valence electrons. The molecule has 27 heavy (non-hydrogen) atoms. The molecule has 0 aliphatic rings. The number of amides is 1. The minimum absolute atomic E-state index is 0.243. The third kappa shape index (κ3) is 7.02. The zero-order chi connectivity index (χ0) is 19.5. The minimum atomic E-state index is -0.243.